The monoisotopic (exact) mass is 304 g/mol. The molecule has 1 amide bonds. The summed E-state index contributed by atoms with van der Waals surface area (Å²) in [4.78, 5) is 24.9. The van der Waals surface area contributed by atoms with E-state index in [4.69, 9.17) is 0 Å². The summed E-state index contributed by atoms with van der Waals surface area (Å²) in [6.45, 7) is 6.67. The van der Waals surface area contributed by atoms with Crippen molar-refractivity contribution in [1.29, 1.82) is 0 Å². The van der Waals surface area contributed by atoms with E-state index in [1.165, 1.54) is 6.33 Å². The number of hydrogen-bond acceptors (Lipinski definition) is 5. The fourth-order valence-electron chi connectivity index (χ4n) is 2.01. The highest BCUT2D eigenvalue weighted by Gasteiger charge is 2.15. The van der Waals surface area contributed by atoms with Crippen molar-refractivity contribution in [2.45, 2.75) is 39.5 Å². The Morgan fingerprint density at radius 3 is 2.95 bits per heavy atom. The van der Waals surface area contributed by atoms with Gasteiger partial charge in [0.1, 0.15) is 6.33 Å². The molecule has 21 heavy (non-hydrogen) atoms. The van der Waals surface area contributed by atoms with E-state index in [-0.39, 0.29) is 11.8 Å². The molecule has 0 spiro atoms. The van der Waals surface area contributed by atoms with Crippen LogP contribution in [0.3, 0.4) is 0 Å². The van der Waals surface area contributed by atoms with E-state index in [1.807, 2.05) is 12.3 Å². The Labute approximate surface area is 128 Å². The number of nitrogens with zero attached hydrogens (tertiary/aromatic N) is 3. The van der Waals surface area contributed by atoms with Crippen molar-refractivity contribution < 1.29 is 4.79 Å². The number of carbonyl (C=O) groups excluding carboxylic acids is 1. The summed E-state index contributed by atoms with van der Waals surface area (Å²) >= 11 is 1.63. The fraction of sp³-hybridized carbons (Fsp3) is 0.467. The fourth-order valence-corrected chi connectivity index (χ4v) is 2.86. The molecule has 0 aromatic carbocycles. The van der Waals surface area contributed by atoms with Crippen molar-refractivity contribution >= 4 is 17.2 Å². The maximum Gasteiger partial charge on any atom is 0.254 e. The second-order valence-electron chi connectivity index (χ2n) is 5.07. The molecule has 0 saturated carbocycles. The first-order valence-electron chi connectivity index (χ1n) is 7.11. The number of thiazole rings is 1. The molecule has 0 bridgehead atoms. The zero-order valence-corrected chi connectivity index (χ0v) is 13.4. The average molecular weight is 304 g/mol. The molecule has 0 unspecified atom stereocenters. The molecule has 0 radical (unpaired) electrons. The van der Waals surface area contributed by atoms with Crippen LogP contribution in [0.1, 0.15) is 52.9 Å². The lowest BCUT2D eigenvalue weighted by atomic mass is 10.1. The highest BCUT2D eigenvalue weighted by atomic mass is 32.1. The van der Waals surface area contributed by atoms with Gasteiger partial charge in [-0.05, 0) is 13.3 Å². The van der Waals surface area contributed by atoms with E-state index in [2.05, 4.69) is 34.1 Å². The van der Waals surface area contributed by atoms with Crippen LogP contribution in [0.25, 0.3) is 0 Å². The molecule has 0 aliphatic rings. The average Bonchev–Trinajstić information content (AvgIpc) is 2.92. The van der Waals surface area contributed by atoms with Gasteiger partial charge in [0.2, 0.25) is 0 Å². The van der Waals surface area contributed by atoms with Gasteiger partial charge in [0, 0.05) is 29.7 Å². The number of carbonyl (C=O) groups is 1. The van der Waals surface area contributed by atoms with Crippen molar-refractivity contribution in [1.82, 2.24) is 20.3 Å². The highest BCUT2D eigenvalue weighted by Crippen LogP contribution is 2.19. The summed E-state index contributed by atoms with van der Waals surface area (Å²) in [6.07, 6.45) is 4.81. The van der Waals surface area contributed by atoms with E-state index >= 15 is 0 Å². The number of aromatic nitrogens is 3. The summed E-state index contributed by atoms with van der Waals surface area (Å²) in [5.74, 6) is 0.0890. The lowest BCUT2D eigenvalue weighted by molar-refractivity contribution is 0.0950. The Hall–Kier alpha value is -1.82. The van der Waals surface area contributed by atoms with Crippen LogP contribution >= 0.6 is 11.3 Å². The van der Waals surface area contributed by atoms with Gasteiger partial charge >= 0.3 is 0 Å². The van der Waals surface area contributed by atoms with E-state index in [0.717, 1.165) is 29.2 Å². The van der Waals surface area contributed by atoms with Crippen LogP contribution < -0.4 is 5.32 Å². The van der Waals surface area contributed by atoms with E-state index < -0.39 is 0 Å². The van der Waals surface area contributed by atoms with E-state index in [1.54, 1.807) is 17.5 Å². The Morgan fingerprint density at radius 2 is 2.29 bits per heavy atom. The first kappa shape index (κ1) is 15.6. The first-order valence-corrected chi connectivity index (χ1v) is 7.98. The van der Waals surface area contributed by atoms with Gasteiger partial charge in [-0.15, -0.1) is 11.3 Å². The van der Waals surface area contributed by atoms with Gasteiger partial charge < -0.3 is 5.32 Å². The molecule has 0 saturated heterocycles. The van der Waals surface area contributed by atoms with Gasteiger partial charge in [-0.25, -0.2) is 15.0 Å². The van der Waals surface area contributed by atoms with E-state index in [0.29, 0.717) is 12.1 Å². The zero-order chi connectivity index (χ0) is 15.2. The Kier molecular flexibility index (Phi) is 5.38. The molecule has 112 valence electrons. The van der Waals surface area contributed by atoms with Crippen LogP contribution in [0.2, 0.25) is 0 Å². The van der Waals surface area contributed by atoms with Crippen molar-refractivity contribution in [3.63, 3.8) is 0 Å². The summed E-state index contributed by atoms with van der Waals surface area (Å²) in [5, 5.41) is 6.03. The summed E-state index contributed by atoms with van der Waals surface area (Å²) < 4.78 is 0. The first-order chi connectivity index (χ1) is 10.1. The molecule has 2 aromatic heterocycles. The van der Waals surface area contributed by atoms with Crippen molar-refractivity contribution in [3.05, 3.63) is 39.9 Å². The topological polar surface area (TPSA) is 67.8 Å². The molecule has 5 nitrogen and oxygen atoms in total. The predicted octanol–water partition coefficient (Wildman–Crippen LogP) is 2.73. The van der Waals surface area contributed by atoms with Gasteiger partial charge in [0.15, 0.2) is 0 Å². The normalized spacial score (nSPS) is 12.1. The maximum absolute atomic E-state index is 12.3. The molecule has 1 N–H and O–H groups in total. The van der Waals surface area contributed by atoms with E-state index in [9.17, 15) is 4.79 Å². The Balaban J connectivity index is 1.98. The highest BCUT2D eigenvalue weighted by molar-refractivity contribution is 7.09. The van der Waals surface area contributed by atoms with Crippen molar-refractivity contribution in [2.75, 3.05) is 6.54 Å². The van der Waals surface area contributed by atoms with Crippen LogP contribution in [0.15, 0.2) is 17.9 Å². The minimum Gasteiger partial charge on any atom is -0.351 e. The summed E-state index contributed by atoms with van der Waals surface area (Å²) in [7, 11) is 0. The second kappa shape index (κ2) is 7.26. The number of nitrogens with one attached hydrogen (secondary N) is 1. The zero-order valence-electron chi connectivity index (χ0n) is 12.6. The molecule has 2 heterocycles. The van der Waals surface area contributed by atoms with Crippen LogP contribution in [0.5, 0.6) is 0 Å². The quantitative estimate of drug-likeness (QED) is 0.891. The number of amides is 1. The number of aryl methyl sites for hydroxylation is 2. The Morgan fingerprint density at radius 1 is 1.48 bits per heavy atom. The molecule has 1 atom stereocenters. The number of hydrogen-bond donors (Lipinski definition) is 1. The van der Waals surface area contributed by atoms with Crippen molar-refractivity contribution in [3.8, 4) is 0 Å². The van der Waals surface area contributed by atoms with Crippen LogP contribution in [0, 0.1) is 6.92 Å². The smallest absolute Gasteiger partial charge is 0.254 e. The second-order valence-corrected chi connectivity index (χ2v) is 5.96. The van der Waals surface area contributed by atoms with Crippen LogP contribution in [0.4, 0.5) is 0 Å². The minimum absolute atomic E-state index is 0.112. The maximum atomic E-state index is 12.3. The van der Waals surface area contributed by atoms with Gasteiger partial charge in [-0.3, -0.25) is 4.79 Å². The molecule has 2 rings (SSSR count). The third-order valence-electron chi connectivity index (χ3n) is 3.15. The summed E-state index contributed by atoms with van der Waals surface area (Å²) in [6, 6.07) is 0. The predicted molar refractivity (Wildman–Crippen MR) is 83.6 cm³/mol. The largest absolute Gasteiger partial charge is 0.351 e. The van der Waals surface area contributed by atoms with Gasteiger partial charge in [-0.2, -0.15) is 0 Å². The molecule has 0 fully saturated rings. The number of rotatable bonds is 6. The van der Waals surface area contributed by atoms with Crippen LogP contribution in [-0.4, -0.2) is 27.4 Å². The standard InChI is InChI=1S/C15H20N4OS/c1-4-5-13-12(7-16-9-18-13)14(20)17-6-10(2)15-19-11(3)8-21-15/h7-10H,4-6H2,1-3H3,(H,17,20)/t10-/m0/s1. The third kappa shape index (κ3) is 4.07. The van der Waals surface area contributed by atoms with Gasteiger partial charge in [0.25, 0.3) is 5.91 Å². The lowest BCUT2D eigenvalue weighted by Gasteiger charge is -2.11. The van der Waals surface area contributed by atoms with Crippen molar-refractivity contribution in [2.24, 2.45) is 0 Å². The molecule has 0 aliphatic heterocycles. The Bertz CT molecular complexity index is 611. The van der Waals surface area contributed by atoms with Gasteiger partial charge in [-0.1, -0.05) is 20.3 Å². The molecule has 6 heteroatoms. The molecule has 0 aliphatic carbocycles. The minimum atomic E-state index is -0.112. The third-order valence-corrected chi connectivity index (χ3v) is 4.35. The van der Waals surface area contributed by atoms with Gasteiger partial charge in [0.05, 0.1) is 16.3 Å². The molecule has 2 aromatic rings. The SMILES string of the molecule is CCCc1ncncc1C(=O)NC[C@H](C)c1nc(C)cs1. The lowest BCUT2D eigenvalue weighted by Crippen LogP contribution is -2.28. The molecular formula is C15H20N4OS. The molecular weight excluding hydrogens is 284 g/mol. The van der Waals surface area contributed by atoms with Crippen LogP contribution in [-0.2, 0) is 6.42 Å². The summed E-state index contributed by atoms with van der Waals surface area (Å²) in [5.41, 5.74) is 2.40.